The molecule has 0 radical (unpaired) electrons. The van der Waals surface area contributed by atoms with Crippen molar-refractivity contribution in [3.05, 3.63) is 24.3 Å². The summed E-state index contributed by atoms with van der Waals surface area (Å²) in [5, 5.41) is 0. The Labute approximate surface area is 111 Å². The highest BCUT2D eigenvalue weighted by molar-refractivity contribution is 5.39. The molecule has 1 aromatic rings. The average Bonchev–Trinajstić information content (AvgIpc) is 2.36. The molecule has 0 aliphatic rings. The first-order valence-corrected chi connectivity index (χ1v) is 7.00. The summed E-state index contributed by atoms with van der Waals surface area (Å²) < 4.78 is 11.8. The van der Waals surface area contributed by atoms with E-state index in [1.807, 2.05) is 24.3 Å². The SMILES string of the molecule is CCCCCOc1ccccc1OC(C)(C)CC. The highest BCUT2D eigenvalue weighted by Crippen LogP contribution is 2.30. The van der Waals surface area contributed by atoms with Gasteiger partial charge in [0, 0.05) is 0 Å². The van der Waals surface area contributed by atoms with Gasteiger partial charge in [-0.25, -0.2) is 0 Å². The predicted octanol–water partition coefficient (Wildman–Crippen LogP) is 4.82. The summed E-state index contributed by atoms with van der Waals surface area (Å²) in [5.74, 6) is 1.70. The molecule has 2 nitrogen and oxygen atoms in total. The van der Waals surface area contributed by atoms with Gasteiger partial charge >= 0.3 is 0 Å². The van der Waals surface area contributed by atoms with E-state index in [-0.39, 0.29) is 5.60 Å². The molecule has 2 heteroatoms. The summed E-state index contributed by atoms with van der Waals surface area (Å²) >= 11 is 0. The number of ether oxygens (including phenoxy) is 2. The van der Waals surface area contributed by atoms with Crippen LogP contribution in [0.25, 0.3) is 0 Å². The number of benzene rings is 1. The third kappa shape index (κ3) is 4.99. The van der Waals surface area contributed by atoms with Crippen molar-refractivity contribution in [3.63, 3.8) is 0 Å². The fraction of sp³-hybridized carbons (Fsp3) is 0.625. The van der Waals surface area contributed by atoms with Crippen LogP contribution in [0, 0.1) is 0 Å². The third-order valence-corrected chi connectivity index (χ3v) is 3.09. The van der Waals surface area contributed by atoms with Gasteiger partial charge in [0.05, 0.1) is 6.61 Å². The van der Waals surface area contributed by atoms with Crippen molar-refractivity contribution >= 4 is 0 Å². The monoisotopic (exact) mass is 250 g/mol. The maximum absolute atomic E-state index is 6.01. The number of para-hydroxylation sites is 2. The fourth-order valence-corrected chi connectivity index (χ4v) is 1.56. The van der Waals surface area contributed by atoms with Crippen molar-refractivity contribution < 1.29 is 9.47 Å². The summed E-state index contributed by atoms with van der Waals surface area (Å²) in [7, 11) is 0. The van der Waals surface area contributed by atoms with Gasteiger partial charge in [-0.1, -0.05) is 38.8 Å². The van der Waals surface area contributed by atoms with Crippen molar-refractivity contribution in [2.75, 3.05) is 6.61 Å². The molecule has 0 saturated carbocycles. The molecule has 0 atom stereocenters. The van der Waals surface area contributed by atoms with E-state index in [9.17, 15) is 0 Å². The first-order chi connectivity index (χ1) is 8.59. The molecule has 1 rings (SSSR count). The molecular weight excluding hydrogens is 224 g/mol. The van der Waals surface area contributed by atoms with Crippen molar-refractivity contribution in [1.29, 1.82) is 0 Å². The minimum atomic E-state index is -0.150. The second kappa shape index (κ2) is 7.30. The van der Waals surface area contributed by atoms with E-state index < -0.39 is 0 Å². The number of unbranched alkanes of at least 4 members (excludes halogenated alkanes) is 2. The van der Waals surface area contributed by atoms with Crippen LogP contribution in [-0.4, -0.2) is 12.2 Å². The molecule has 0 bridgehead atoms. The normalized spacial score (nSPS) is 11.3. The van der Waals surface area contributed by atoms with Gasteiger partial charge in [0.1, 0.15) is 5.60 Å². The van der Waals surface area contributed by atoms with Crippen LogP contribution >= 0.6 is 0 Å². The van der Waals surface area contributed by atoms with Crippen LogP contribution in [0.2, 0.25) is 0 Å². The number of hydrogen-bond acceptors (Lipinski definition) is 2. The molecule has 0 spiro atoms. The molecule has 0 N–H and O–H groups in total. The first-order valence-electron chi connectivity index (χ1n) is 7.00. The second-order valence-electron chi connectivity index (χ2n) is 5.22. The topological polar surface area (TPSA) is 18.5 Å². The largest absolute Gasteiger partial charge is 0.490 e. The Morgan fingerprint density at radius 1 is 1.00 bits per heavy atom. The Bertz CT molecular complexity index is 345. The van der Waals surface area contributed by atoms with Crippen LogP contribution in [0.1, 0.15) is 53.4 Å². The molecule has 0 saturated heterocycles. The van der Waals surface area contributed by atoms with Crippen LogP contribution in [0.5, 0.6) is 11.5 Å². The zero-order valence-corrected chi connectivity index (χ0v) is 12.2. The number of rotatable bonds is 8. The summed E-state index contributed by atoms with van der Waals surface area (Å²) in [5.41, 5.74) is -0.150. The Morgan fingerprint density at radius 3 is 2.28 bits per heavy atom. The molecule has 0 amide bonds. The highest BCUT2D eigenvalue weighted by Gasteiger charge is 2.18. The molecule has 0 unspecified atom stereocenters. The Balaban J connectivity index is 2.62. The molecule has 102 valence electrons. The van der Waals surface area contributed by atoms with Gasteiger partial charge in [-0.3, -0.25) is 0 Å². The quantitative estimate of drug-likeness (QED) is 0.616. The van der Waals surface area contributed by atoms with E-state index in [1.54, 1.807) is 0 Å². The number of hydrogen-bond donors (Lipinski definition) is 0. The van der Waals surface area contributed by atoms with E-state index in [1.165, 1.54) is 12.8 Å². The molecule has 1 aromatic carbocycles. The van der Waals surface area contributed by atoms with Gasteiger partial charge in [-0.2, -0.15) is 0 Å². The summed E-state index contributed by atoms with van der Waals surface area (Å²) in [6.07, 6.45) is 4.49. The lowest BCUT2D eigenvalue weighted by Gasteiger charge is -2.26. The second-order valence-corrected chi connectivity index (χ2v) is 5.22. The lowest BCUT2D eigenvalue weighted by Crippen LogP contribution is -2.27. The zero-order chi connectivity index (χ0) is 13.4. The van der Waals surface area contributed by atoms with E-state index in [2.05, 4.69) is 27.7 Å². The van der Waals surface area contributed by atoms with Crippen LogP contribution in [-0.2, 0) is 0 Å². The third-order valence-electron chi connectivity index (χ3n) is 3.09. The van der Waals surface area contributed by atoms with E-state index >= 15 is 0 Å². The maximum atomic E-state index is 6.01. The average molecular weight is 250 g/mol. The molecule has 0 aliphatic carbocycles. The standard InChI is InChI=1S/C16H26O2/c1-5-7-10-13-17-14-11-8-9-12-15(14)18-16(3,4)6-2/h8-9,11-12H,5-7,10,13H2,1-4H3. The summed E-state index contributed by atoms with van der Waals surface area (Å²) in [6.45, 7) is 9.29. The molecular formula is C16H26O2. The molecule has 0 aliphatic heterocycles. The van der Waals surface area contributed by atoms with Gasteiger partial charge in [0.15, 0.2) is 11.5 Å². The zero-order valence-electron chi connectivity index (χ0n) is 12.2. The Kier molecular flexibility index (Phi) is 6.03. The van der Waals surface area contributed by atoms with Crippen LogP contribution in [0.15, 0.2) is 24.3 Å². The predicted molar refractivity (Wildman–Crippen MR) is 76.5 cm³/mol. The van der Waals surface area contributed by atoms with Crippen molar-refractivity contribution in [1.82, 2.24) is 0 Å². The van der Waals surface area contributed by atoms with E-state index in [0.717, 1.165) is 30.9 Å². The molecule has 0 heterocycles. The van der Waals surface area contributed by atoms with Crippen LogP contribution in [0.3, 0.4) is 0 Å². The van der Waals surface area contributed by atoms with Crippen molar-refractivity contribution in [3.8, 4) is 11.5 Å². The van der Waals surface area contributed by atoms with E-state index in [4.69, 9.17) is 9.47 Å². The minimum absolute atomic E-state index is 0.150. The summed E-state index contributed by atoms with van der Waals surface area (Å²) in [6, 6.07) is 7.93. The minimum Gasteiger partial charge on any atom is -0.490 e. The fourth-order valence-electron chi connectivity index (χ4n) is 1.56. The maximum Gasteiger partial charge on any atom is 0.161 e. The Morgan fingerprint density at radius 2 is 1.67 bits per heavy atom. The highest BCUT2D eigenvalue weighted by atomic mass is 16.5. The van der Waals surface area contributed by atoms with E-state index in [0.29, 0.717) is 0 Å². The lowest BCUT2D eigenvalue weighted by atomic mass is 10.1. The van der Waals surface area contributed by atoms with Gasteiger partial charge in [-0.15, -0.1) is 0 Å². The van der Waals surface area contributed by atoms with Crippen LogP contribution in [0.4, 0.5) is 0 Å². The molecule has 0 aromatic heterocycles. The first kappa shape index (κ1) is 14.9. The van der Waals surface area contributed by atoms with Gasteiger partial charge in [0.25, 0.3) is 0 Å². The Hall–Kier alpha value is -1.18. The van der Waals surface area contributed by atoms with Crippen molar-refractivity contribution in [2.45, 2.75) is 59.0 Å². The molecule has 0 fully saturated rings. The van der Waals surface area contributed by atoms with Gasteiger partial charge < -0.3 is 9.47 Å². The van der Waals surface area contributed by atoms with Gasteiger partial charge in [0.2, 0.25) is 0 Å². The smallest absolute Gasteiger partial charge is 0.161 e. The summed E-state index contributed by atoms with van der Waals surface area (Å²) in [4.78, 5) is 0. The van der Waals surface area contributed by atoms with Crippen molar-refractivity contribution in [2.24, 2.45) is 0 Å². The van der Waals surface area contributed by atoms with Crippen LogP contribution < -0.4 is 9.47 Å². The lowest BCUT2D eigenvalue weighted by molar-refractivity contribution is 0.0991. The van der Waals surface area contributed by atoms with Gasteiger partial charge in [-0.05, 0) is 38.8 Å². The molecule has 18 heavy (non-hydrogen) atoms.